The molecule has 3 rings (SSSR count). The second kappa shape index (κ2) is 5.56. The monoisotopic (exact) mass is 269 g/mol. The fourth-order valence-corrected chi connectivity index (χ4v) is 1.89. The van der Waals surface area contributed by atoms with E-state index in [4.69, 9.17) is 4.52 Å². The minimum absolute atomic E-state index is 0.471. The minimum Gasteiger partial charge on any atom is -0.360 e. The van der Waals surface area contributed by atoms with Crippen LogP contribution in [0.2, 0.25) is 0 Å². The first kappa shape index (κ1) is 12.4. The molecule has 0 amide bonds. The van der Waals surface area contributed by atoms with E-state index in [1.807, 2.05) is 49.6 Å². The highest BCUT2D eigenvalue weighted by atomic mass is 16.5. The van der Waals surface area contributed by atoms with Gasteiger partial charge in [0, 0.05) is 25.7 Å². The second-order valence-electron chi connectivity index (χ2n) is 4.49. The lowest BCUT2D eigenvalue weighted by atomic mass is 10.1. The molecule has 6 heteroatoms. The smallest absolute Gasteiger partial charge is 0.245 e. The van der Waals surface area contributed by atoms with E-state index in [1.165, 1.54) is 0 Å². The molecule has 0 unspecified atom stereocenters. The van der Waals surface area contributed by atoms with E-state index < -0.39 is 0 Å². The van der Waals surface area contributed by atoms with Gasteiger partial charge < -0.3 is 9.84 Å². The first-order valence-corrected chi connectivity index (χ1v) is 6.38. The predicted octanol–water partition coefficient (Wildman–Crippen LogP) is 2.01. The Morgan fingerprint density at radius 1 is 1.20 bits per heavy atom. The van der Waals surface area contributed by atoms with Crippen LogP contribution in [0.5, 0.6) is 0 Å². The molecule has 6 nitrogen and oxygen atoms in total. The number of aromatic nitrogens is 4. The molecule has 1 aromatic carbocycles. The molecule has 3 aromatic rings. The molecule has 0 bridgehead atoms. The van der Waals surface area contributed by atoms with Gasteiger partial charge in [-0.2, -0.15) is 10.1 Å². The van der Waals surface area contributed by atoms with Crippen LogP contribution in [0.4, 0.5) is 5.82 Å². The van der Waals surface area contributed by atoms with E-state index in [0.29, 0.717) is 24.7 Å². The van der Waals surface area contributed by atoms with Gasteiger partial charge in [0.2, 0.25) is 5.89 Å². The fraction of sp³-hybridized carbons (Fsp3) is 0.214. The molecule has 1 N–H and O–H groups in total. The zero-order chi connectivity index (χ0) is 13.8. The van der Waals surface area contributed by atoms with E-state index in [-0.39, 0.29) is 0 Å². The summed E-state index contributed by atoms with van der Waals surface area (Å²) in [5.74, 6) is 2.03. The first-order chi connectivity index (χ1) is 9.79. The molecule has 0 saturated heterocycles. The summed E-state index contributed by atoms with van der Waals surface area (Å²) in [4.78, 5) is 4.35. The molecule has 0 saturated carbocycles. The van der Waals surface area contributed by atoms with Crippen molar-refractivity contribution in [1.29, 1.82) is 0 Å². The van der Waals surface area contributed by atoms with E-state index in [2.05, 4.69) is 20.6 Å². The third-order valence-electron chi connectivity index (χ3n) is 2.85. The molecule has 0 aliphatic heterocycles. The van der Waals surface area contributed by atoms with E-state index in [0.717, 1.165) is 11.4 Å². The lowest BCUT2D eigenvalue weighted by Crippen LogP contribution is -2.01. The summed E-state index contributed by atoms with van der Waals surface area (Å²) in [5.41, 5.74) is 1.16. The Morgan fingerprint density at radius 3 is 2.80 bits per heavy atom. The van der Waals surface area contributed by atoms with Crippen LogP contribution in [0.3, 0.4) is 0 Å². The van der Waals surface area contributed by atoms with Crippen LogP contribution in [-0.2, 0) is 20.0 Å². The third-order valence-corrected chi connectivity index (χ3v) is 2.85. The first-order valence-electron chi connectivity index (χ1n) is 6.38. The summed E-state index contributed by atoms with van der Waals surface area (Å²) < 4.78 is 6.94. The Bertz CT molecular complexity index is 674. The van der Waals surface area contributed by atoms with Gasteiger partial charge in [-0.25, -0.2) is 0 Å². The van der Waals surface area contributed by atoms with Gasteiger partial charge in [-0.05, 0) is 5.56 Å². The number of hydrogen-bond acceptors (Lipinski definition) is 5. The van der Waals surface area contributed by atoms with Crippen LogP contribution in [-0.4, -0.2) is 19.9 Å². The van der Waals surface area contributed by atoms with Crippen molar-refractivity contribution in [1.82, 2.24) is 19.9 Å². The summed E-state index contributed by atoms with van der Waals surface area (Å²) in [5, 5.41) is 11.3. The molecule has 0 aliphatic rings. The fourth-order valence-electron chi connectivity index (χ4n) is 1.89. The van der Waals surface area contributed by atoms with E-state index in [1.54, 1.807) is 4.68 Å². The highest BCUT2D eigenvalue weighted by molar-refractivity contribution is 5.31. The number of rotatable bonds is 5. The summed E-state index contributed by atoms with van der Waals surface area (Å²) in [6, 6.07) is 12.0. The number of aryl methyl sites for hydroxylation is 1. The van der Waals surface area contributed by atoms with Gasteiger partial charge in [0.1, 0.15) is 5.82 Å². The SMILES string of the molecule is Cn1ccc(NCc2nc(Cc3ccccc3)no2)n1. The maximum absolute atomic E-state index is 5.21. The Labute approximate surface area is 116 Å². The molecule has 20 heavy (non-hydrogen) atoms. The normalized spacial score (nSPS) is 10.7. The summed E-state index contributed by atoms with van der Waals surface area (Å²) in [6.07, 6.45) is 2.55. The van der Waals surface area contributed by atoms with Crippen molar-refractivity contribution in [2.24, 2.45) is 7.05 Å². The van der Waals surface area contributed by atoms with Crippen molar-refractivity contribution >= 4 is 5.82 Å². The van der Waals surface area contributed by atoms with Crippen LogP contribution in [0.25, 0.3) is 0 Å². The van der Waals surface area contributed by atoms with Crippen LogP contribution in [0.15, 0.2) is 47.1 Å². The van der Waals surface area contributed by atoms with Gasteiger partial charge >= 0.3 is 0 Å². The Hall–Kier alpha value is -2.63. The molecule has 0 fully saturated rings. The number of anilines is 1. The summed E-state index contributed by atoms with van der Waals surface area (Å²) in [6.45, 7) is 0.471. The zero-order valence-electron chi connectivity index (χ0n) is 11.2. The van der Waals surface area contributed by atoms with E-state index in [9.17, 15) is 0 Å². The average molecular weight is 269 g/mol. The summed E-state index contributed by atoms with van der Waals surface area (Å²) >= 11 is 0. The van der Waals surface area contributed by atoms with Gasteiger partial charge in [-0.1, -0.05) is 35.5 Å². The number of nitrogens with zero attached hydrogens (tertiary/aromatic N) is 4. The van der Waals surface area contributed by atoms with Crippen molar-refractivity contribution in [2.75, 3.05) is 5.32 Å². The molecule has 0 spiro atoms. The molecule has 2 aromatic heterocycles. The average Bonchev–Trinajstić information content (AvgIpc) is 3.07. The Balaban J connectivity index is 1.59. The van der Waals surface area contributed by atoms with Gasteiger partial charge in [0.15, 0.2) is 5.82 Å². The highest BCUT2D eigenvalue weighted by Crippen LogP contribution is 2.08. The van der Waals surface area contributed by atoms with Gasteiger partial charge in [0.25, 0.3) is 0 Å². The zero-order valence-corrected chi connectivity index (χ0v) is 11.2. The van der Waals surface area contributed by atoms with Crippen LogP contribution >= 0.6 is 0 Å². The lowest BCUT2D eigenvalue weighted by molar-refractivity contribution is 0.378. The maximum Gasteiger partial charge on any atom is 0.245 e. The molecule has 0 radical (unpaired) electrons. The topological polar surface area (TPSA) is 68.8 Å². The Kier molecular flexibility index (Phi) is 3.45. The van der Waals surface area contributed by atoms with Gasteiger partial charge in [0.05, 0.1) is 6.54 Å². The van der Waals surface area contributed by atoms with E-state index >= 15 is 0 Å². The maximum atomic E-state index is 5.21. The molecule has 2 heterocycles. The summed E-state index contributed by atoms with van der Waals surface area (Å²) in [7, 11) is 1.87. The lowest BCUT2D eigenvalue weighted by Gasteiger charge is -1.97. The number of nitrogens with one attached hydrogen (secondary N) is 1. The van der Waals surface area contributed by atoms with Crippen molar-refractivity contribution in [3.8, 4) is 0 Å². The standard InChI is InChI=1S/C14H15N5O/c1-19-8-7-12(17-19)15-10-14-16-13(18-20-14)9-11-5-3-2-4-6-11/h2-8H,9-10H2,1H3,(H,15,17). The largest absolute Gasteiger partial charge is 0.360 e. The highest BCUT2D eigenvalue weighted by Gasteiger charge is 2.07. The van der Waals surface area contributed by atoms with Crippen LogP contribution in [0.1, 0.15) is 17.3 Å². The van der Waals surface area contributed by atoms with Crippen molar-refractivity contribution in [3.05, 3.63) is 59.9 Å². The number of hydrogen-bond donors (Lipinski definition) is 1. The number of benzene rings is 1. The molecule has 0 atom stereocenters. The quantitative estimate of drug-likeness (QED) is 0.767. The van der Waals surface area contributed by atoms with Gasteiger partial charge in [-0.3, -0.25) is 4.68 Å². The predicted molar refractivity (Wildman–Crippen MR) is 74.1 cm³/mol. The molecular weight excluding hydrogens is 254 g/mol. The third kappa shape index (κ3) is 3.03. The van der Waals surface area contributed by atoms with Crippen molar-refractivity contribution in [2.45, 2.75) is 13.0 Å². The van der Waals surface area contributed by atoms with Crippen molar-refractivity contribution < 1.29 is 4.52 Å². The molecular formula is C14H15N5O. The van der Waals surface area contributed by atoms with Crippen molar-refractivity contribution in [3.63, 3.8) is 0 Å². The molecule has 0 aliphatic carbocycles. The minimum atomic E-state index is 0.471. The van der Waals surface area contributed by atoms with Crippen LogP contribution in [0, 0.1) is 0 Å². The van der Waals surface area contributed by atoms with Gasteiger partial charge in [-0.15, -0.1) is 0 Å². The second-order valence-corrected chi connectivity index (χ2v) is 4.49. The Morgan fingerprint density at radius 2 is 2.05 bits per heavy atom. The van der Waals surface area contributed by atoms with Crippen LogP contribution < -0.4 is 5.32 Å². The molecule has 102 valence electrons.